The summed E-state index contributed by atoms with van der Waals surface area (Å²) in [5.74, 6) is 0. The zero-order valence-corrected chi connectivity index (χ0v) is 18.8. The van der Waals surface area contributed by atoms with E-state index in [1.807, 2.05) is 17.8 Å². The summed E-state index contributed by atoms with van der Waals surface area (Å²) in [4.78, 5) is 7.79. The van der Waals surface area contributed by atoms with E-state index in [9.17, 15) is 0 Å². The first kappa shape index (κ1) is 21.2. The van der Waals surface area contributed by atoms with Crippen LogP contribution in [0.5, 0.6) is 0 Å². The molecule has 0 aromatic heterocycles. The quantitative estimate of drug-likeness (QED) is 0.676. The largest absolute Gasteiger partial charge is 0.396 e. The number of hydrogen-bond acceptors (Lipinski definition) is 4. The van der Waals surface area contributed by atoms with Crippen molar-refractivity contribution in [2.75, 3.05) is 45.9 Å². The van der Waals surface area contributed by atoms with Crippen molar-refractivity contribution in [3.05, 3.63) is 58.6 Å². The number of piperazine rings is 1. The maximum atomic E-state index is 9.02. The number of nitrogens with zero attached hydrogens (tertiary/aromatic N) is 2. The van der Waals surface area contributed by atoms with Gasteiger partial charge in [-0.15, -0.1) is 0 Å². The molecule has 2 aliphatic heterocycles. The van der Waals surface area contributed by atoms with Gasteiger partial charge in [0.15, 0.2) is 0 Å². The van der Waals surface area contributed by atoms with Gasteiger partial charge in [0.05, 0.1) is 0 Å². The Kier molecular flexibility index (Phi) is 6.87. The second kappa shape index (κ2) is 9.40. The smallest absolute Gasteiger partial charge is 0.0443 e. The molecule has 1 saturated heterocycles. The summed E-state index contributed by atoms with van der Waals surface area (Å²) in [6.45, 7) is 9.37. The number of hydrogen-bond donors (Lipinski definition) is 1. The monoisotopic (exact) mass is 430 g/mol. The first-order valence-corrected chi connectivity index (χ1v) is 11.9. The van der Waals surface area contributed by atoms with E-state index in [2.05, 4.69) is 53.1 Å². The molecule has 4 rings (SSSR count). The van der Waals surface area contributed by atoms with Crippen molar-refractivity contribution in [2.24, 2.45) is 0 Å². The van der Waals surface area contributed by atoms with Crippen molar-refractivity contribution in [1.82, 2.24) is 9.80 Å². The normalized spacial score (nSPS) is 22.3. The lowest BCUT2D eigenvalue weighted by molar-refractivity contribution is 0.122. The van der Waals surface area contributed by atoms with Gasteiger partial charge in [0, 0.05) is 59.6 Å². The maximum absolute atomic E-state index is 9.02. The van der Waals surface area contributed by atoms with Gasteiger partial charge in [-0.2, -0.15) is 0 Å². The molecule has 0 amide bonds. The summed E-state index contributed by atoms with van der Waals surface area (Å²) >= 11 is 8.27. The fourth-order valence-electron chi connectivity index (χ4n) is 4.75. The van der Waals surface area contributed by atoms with Gasteiger partial charge in [0.25, 0.3) is 0 Å². The van der Waals surface area contributed by atoms with Gasteiger partial charge in [0.1, 0.15) is 0 Å². The zero-order chi connectivity index (χ0) is 20.3. The average molecular weight is 431 g/mol. The van der Waals surface area contributed by atoms with Crippen LogP contribution in [0.25, 0.3) is 0 Å². The Hall–Kier alpha value is -1.04. The molecule has 1 unspecified atom stereocenters. The van der Waals surface area contributed by atoms with Crippen LogP contribution in [0.15, 0.2) is 52.3 Å². The topological polar surface area (TPSA) is 26.7 Å². The first-order valence-electron chi connectivity index (χ1n) is 10.7. The van der Waals surface area contributed by atoms with Crippen LogP contribution in [0.4, 0.5) is 0 Å². The molecule has 156 valence electrons. The third-order valence-electron chi connectivity index (χ3n) is 6.49. The fraction of sp³-hybridized carbons (Fsp3) is 0.500. The van der Waals surface area contributed by atoms with E-state index in [4.69, 9.17) is 16.7 Å². The zero-order valence-electron chi connectivity index (χ0n) is 17.2. The summed E-state index contributed by atoms with van der Waals surface area (Å²) in [6, 6.07) is 15.2. The van der Waals surface area contributed by atoms with Crippen molar-refractivity contribution >= 4 is 23.4 Å². The summed E-state index contributed by atoms with van der Waals surface area (Å²) in [7, 11) is 0. The highest BCUT2D eigenvalue weighted by molar-refractivity contribution is 7.99. The average Bonchev–Trinajstić information content (AvgIpc) is 2.74. The molecule has 2 aromatic rings. The summed E-state index contributed by atoms with van der Waals surface area (Å²) < 4.78 is 0. The van der Waals surface area contributed by atoms with Gasteiger partial charge in [-0.25, -0.2) is 0 Å². The van der Waals surface area contributed by atoms with E-state index in [1.54, 1.807) is 0 Å². The lowest BCUT2D eigenvalue weighted by Gasteiger charge is -2.39. The lowest BCUT2D eigenvalue weighted by Crippen LogP contribution is -2.47. The highest BCUT2D eigenvalue weighted by atomic mass is 35.5. The molecule has 1 atom stereocenters. The highest BCUT2D eigenvalue weighted by Crippen LogP contribution is 2.51. The van der Waals surface area contributed by atoms with Crippen molar-refractivity contribution in [2.45, 2.75) is 41.4 Å². The van der Waals surface area contributed by atoms with Gasteiger partial charge in [0.2, 0.25) is 0 Å². The first-order chi connectivity index (χ1) is 14.1. The van der Waals surface area contributed by atoms with Crippen LogP contribution < -0.4 is 0 Å². The molecule has 2 aliphatic rings. The molecule has 2 heterocycles. The Balaban J connectivity index is 1.43. The highest BCUT2D eigenvalue weighted by Gasteiger charge is 2.36. The molecule has 2 aromatic carbocycles. The summed E-state index contributed by atoms with van der Waals surface area (Å²) in [5.41, 5.74) is 2.82. The minimum absolute atomic E-state index is 0.00498. The SMILES string of the molecule is CC1(CCCN2CCN(CCCO)CC2)c2ccccc2Sc2ccc(Cl)cc21. The van der Waals surface area contributed by atoms with Gasteiger partial charge in [-0.3, -0.25) is 0 Å². The Bertz CT molecular complexity index is 837. The van der Waals surface area contributed by atoms with E-state index in [0.29, 0.717) is 6.61 Å². The Morgan fingerprint density at radius 1 is 0.931 bits per heavy atom. The number of halogens is 1. The van der Waals surface area contributed by atoms with Gasteiger partial charge >= 0.3 is 0 Å². The van der Waals surface area contributed by atoms with Crippen LogP contribution in [0, 0.1) is 0 Å². The lowest BCUT2D eigenvalue weighted by atomic mass is 9.72. The number of aliphatic hydroxyl groups is 1. The molecule has 0 spiro atoms. The Morgan fingerprint density at radius 3 is 2.31 bits per heavy atom. The van der Waals surface area contributed by atoms with Crippen LogP contribution in [0.1, 0.15) is 37.3 Å². The van der Waals surface area contributed by atoms with Crippen molar-refractivity contribution in [1.29, 1.82) is 0 Å². The van der Waals surface area contributed by atoms with E-state index in [0.717, 1.165) is 57.1 Å². The van der Waals surface area contributed by atoms with Crippen molar-refractivity contribution in [3.8, 4) is 0 Å². The Labute approximate surface area is 184 Å². The molecular formula is C24H31ClN2OS. The van der Waals surface area contributed by atoms with Crippen LogP contribution in [0.2, 0.25) is 5.02 Å². The minimum Gasteiger partial charge on any atom is -0.396 e. The molecule has 0 bridgehead atoms. The Morgan fingerprint density at radius 2 is 1.59 bits per heavy atom. The van der Waals surface area contributed by atoms with Crippen LogP contribution in [-0.4, -0.2) is 60.8 Å². The van der Waals surface area contributed by atoms with Gasteiger partial charge < -0.3 is 14.9 Å². The maximum Gasteiger partial charge on any atom is 0.0443 e. The minimum atomic E-state index is 0.00498. The number of aliphatic hydroxyl groups excluding tert-OH is 1. The van der Waals surface area contributed by atoms with E-state index >= 15 is 0 Å². The molecular weight excluding hydrogens is 400 g/mol. The number of benzene rings is 2. The van der Waals surface area contributed by atoms with E-state index < -0.39 is 0 Å². The van der Waals surface area contributed by atoms with Crippen LogP contribution in [-0.2, 0) is 5.41 Å². The standard InChI is InChI=1S/C24H31ClN2OS/c1-24(10-4-11-26-13-15-27(16-14-26)12-5-17-28)20-6-2-3-7-22(20)29-23-9-8-19(25)18-21(23)24/h2-3,6-9,18,28H,4-5,10-17H2,1H3. The van der Waals surface area contributed by atoms with E-state index in [1.165, 1.54) is 27.3 Å². The van der Waals surface area contributed by atoms with Gasteiger partial charge in [-0.05, 0) is 61.2 Å². The molecule has 1 fully saturated rings. The van der Waals surface area contributed by atoms with E-state index in [-0.39, 0.29) is 5.41 Å². The molecule has 0 radical (unpaired) electrons. The molecule has 1 N–H and O–H groups in total. The number of fused-ring (bicyclic) bond motifs is 2. The molecule has 29 heavy (non-hydrogen) atoms. The van der Waals surface area contributed by atoms with Crippen LogP contribution >= 0.6 is 23.4 Å². The molecule has 0 aliphatic carbocycles. The van der Waals surface area contributed by atoms with Crippen LogP contribution in [0.3, 0.4) is 0 Å². The second-order valence-electron chi connectivity index (χ2n) is 8.43. The second-order valence-corrected chi connectivity index (χ2v) is 9.96. The fourth-order valence-corrected chi connectivity index (χ4v) is 6.24. The van der Waals surface area contributed by atoms with Crippen molar-refractivity contribution < 1.29 is 5.11 Å². The summed E-state index contributed by atoms with van der Waals surface area (Å²) in [6.07, 6.45) is 3.19. The third kappa shape index (κ3) is 4.67. The molecule has 0 saturated carbocycles. The molecule has 5 heteroatoms. The van der Waals surface area contributed by atoms with Gasteiger partial charge in [-0.1, -0.05) is 48.5 Å². The molecule has 3 nitrogen and oxygen atoms in total. The summed E-state index contributed by atoms with van der Waals surface area (Å²) in [5, 5.41) is 9.85. The predicted octanol–water partition coefficient (Wildman–Crippen LogP) is 4.89. The number of rotatable bonds is 7. The van der Waals surface area contributed by atoms with Crippen molar-refractivity contribution in [3.63, 3.8) is 0 Å². The predicted molar refractivity (Wildman–Crippen MR) is 122 cm³/mol. The third-order valence-corrected chi connectivity index (χ3v) is 7.87.